The molecule has 3 rings (SSSR count). The number of aromatic nitrogens is 1. The Kier molecular flexibility index (Phi) is 11.6. The molecule has 0 aromatic carbocycles. The lowest BCUT2D eigenvalue weighted by Crippen LogP contribution is -2.33. The number of rotatable bonds is 6. The zero-order chi connectivity index (χ0) is 27.7. The fraction of sp³-hybridized carbons (Fsp3) is 0.619. The lowest BCUT2D eigenvalue weighted by molar-refractivity contribution is -0.193. The van der Waals surface area contributed by atoms with Crippen LogP contribution >= 0.6 is 0 Å². The summed E-state index contributed by atoms with van der Waals surface area (Å²) in [5.41, 5.74) is 3.83. The number of carboxylic acids is 2. The van der Waals surface area contributed by atoms with Crippen LogP contribution in [0.25, 0.3) is 0 Å². The van der Waals surface area contributed by atoms with Crippen LogP contribution in [0.2, 0.25) is 0 Å². The minimum Gasteiger partial charge on any atom is -0.475 e. The quantitative estimate of drug-likeness (QED) is 0.538. The molecule has 1 saturated carbocycles. The number of ether oxygens (including phenoxy) is 1. The molecule has 2 N–H and O–H groups in total. The first kappa shape index (κ1) is 31.1. The minimum atomic E-state index is -5.08. The third kappa shape index (κ3) is 11.7. The van der Waals surface area contributed by atoms with Gasteiger partial charge in [-0.2, -0.15) is 26.3 Å². The average molecular weight is 531 g/mol. The SMILES string of the molecule is CN(C)C(=O)COCc1cncc2c1CCN(CC1CC1)C2.O=C(O)C(F)(F)F.O=C(O)C(F)(F)F. The third-order valence-electron chi connectivity index (χ3n) is 4.99. The zero-order valence-electron chi connectivity index (χ0n) is 19.5. The summed E-state index contributed by atoms with van der Waals surface area (Å²) in [5.74, 6) is -4.59. The summed E-state index contributed by atoms with van der Waals surface area (Å²) in [5, 5.41) is 14.2. The van der Waals surface area contributed by atoms with Gasteiger partial charge < -0.3 is 19.8 Å². The van der Waals surface area contributed by atoms with Crippen LogP contribution in [0.15, 0.2) is 12.4 Å². The van der Waals surface area contributed by atoms with Crippen molar-refractivity contribution in [3.05, 3.63) is 29.1 Å². The molecule has 2 aliphatic rings. The number of amides is 1. The zero-order valence-corrected chi connectivity index (χ0v) is 19.5. The summed E-state index contributed by atoms with van der Waals surface area (Å²) in [6.45, 7) is 3.96. The minimum absolute atomic E-state index is 0.00614. The summed E-state index contributed by atoms with van der Waals surface area (Å²) >= 11 is 0. The Labute approximate surface area is 202 Å². The molecule has 2 heterocycles. The Hall–Kier alpha value is -2.94. The summed E-state index contributed by atoms with van der Waals surface area (Å²) in [4.78, 5) is 37.8. The third-order valence-corrected chi connectivity index (χ3v) is 4.99. The van der Waals surface area contributed by atoms with Crippen molar-refractivity contribution in [1.29, 1.82) is 0 Å². The van der Waals surface area contributed by atoms with Gasteiger partial charge in [0.25, 0.3) is 0 Å². The van der Waals surface area contributed by atoms with Crippen molar-refractivity contribution < 1.29 is 55.7 Å². The van der Waals surface area contributed by atoms with E-state index < -0.39 is 24.3 Å². The Morgan fingerprint density at radius 1 is 1.06 bits per heavy atom. The molecule has 0 spiro atoms. The van der Waals surface area contributed by atoms with Crippen LogP contribution in [0.3, 0.4) is 0 Å². The molecule has 1 aromatic rings. The van der Waals surface area contributed by atoms with E-state index >= 15 is 0 Å². The predicted molar refractivity (Wildman–Crippen MR) is 112 cm³/mol. The Balaban J connectivity index is 0.000000383. The van der Waals surface area contributed by atoms with E-state index in [9.17, 15) is 31.1 Å². The number of nitrogens with zero attached hydrogens (tertiary/aromatic N) is 3. The van der Waals surface area contributed by atoms with Gasteiger partial charge in [0.1, 0.15) is 6.61 Å². The van der Waals surface area contributed by atoms with Crippen LogP contribution in [-0.2, 0) is 38.7 Å². The van der Waals surface area contributed by atoms with E-state index in [-0.39, 0.29) is 12.5 Å². The van der Waals surface area contributed by atoms with E-state index in [1.54, 1.807) is 19.0 Å². The topological polar surface area (TPSA) is 120 Å². The maximum atomic E-state index is 11.6. The maximum Gasteiger partial charge on any atom is 0.490 e. The van der Waals surface area contributed by atoms with Gasteiger partial charge in [-0.3, -0.25) is 14.7 Å². The number of likely N-dealkylation sites (N-methyl/N-ethyl adjacent to an activating group) is 1. The second kappa shape index (κ2) is 13.4. The highest BCUT2D eigenvalue weighted by atomic mass is 19.4. The summed E-state index contributed by atoms with van der Waals surface area (Å²) in [7, 11) is 3.48. The second-order valence-corrected chi connectivity index (χ2v) is 8.25. The molecule has 36 heavy (non-hydrogen) atoms. The van der Waals surface area contributed by atoms with Crippen molar-refractivity contribution in [2.45, 2.75) is 44.8 Å². The van der Waals surface area contributed by atoms with Crippen molar-refractivity contribution >= 4 is 17.8 Å². The van der Waals surface area contributed by atoms with Crippen LogP contribution in [0.4, 0.5) is 26.3 Å². The maximum absolute atomic E-state index is 11.6. The van der Waals surface area contributed by atoms with Crippen LogP contribution < -0.4 is 0 Å². The Morgan fingerprint density at radius 3 is 2.03 bits per heavy atom. The van der Waals surface area contributed by atoms with E-state index in [0.29, 0.717) is 6.61 Å². The van der Waals surface area contributed by atoms with Crippen molar-refractivity contribution in [1.82, 2.24) is 14.8 Å². The summed E-state index contributed by atoms with van der Waals surface area (Å²) < 4.78 is 69.0. The van der Waals surface area contributed by atoms with Crippen LogP contribution in [0.5, 0.6) is 0 Å². The van der Waals surface area contributed by atoms with E-state index in [0.717, 1.165) is 31.0 Å². The summed E-state index contributed by atoms with van der Waals surface area (Å²) in [6.07, 6.45) is -2.44. The van der Waals surface area contributed by atoms with Crippen molar-refractivity contribution in [3.63, 3.8) is 0 Å². The molecule has 1 amide bonds. The van der Waals surface area contributed by atoms with Gasteiger partial charge in [0.2, 0.25) is 5.91 Å². The molecule has 204 valence electrons. The largest absolute Gasteiger partial charge is 0.490 e. The van der Waals surface area contributed by atoms with Gasteiger partial charge in [0.05, 0.1) is 6.61 Å². The Bertz CT molecular complexity index is 879. The van der Waals surface area contributed by atoms with E-state index in [1.807, 2.05) is 12.4 Å². The number of fused-ring (bicyclic) bond motifs is 1. The number of carbonyl (C=O) groups excluding carboxylic acids is 1. The molecule has 0 bridgehead atoms. The highest BCUT2D eigenvalue weighted by Gasteiger charge is 2.38. The molecule has 1 aliphatic carbocycles. The molecule has 9 nitrogen and oxygen atoms in total. The van der Waals surface area contributed by atoms with Gasteiger partial charge in [0, 0.05) is 46.1 Å². The average Bonchev–Trinajstić information content (AvgIpc) is 3.57. The second-order valence-electron chi connectivity index (χ2n) is 8.25. The van der Waals surface area contributed by atoms with Gasteiger partial charge in [-0.25, -0.2) is 9.59 Å². The first-order valence-electron chi connectivity index (χ1n) is 10.6. The number of halogens is 6. The van der Waals surface area contributed by atoms with Gasteiger partial charge >= 0.3 is 24.3 Å². The number of pyridine rings is 1. The number of hydrogen-bond acceptors (Lipinski definition) is 6. The van der Waals surface area contributed by atoms with Crippen LogP contribution in [0.1, 0.15) is 29.5 Å². The molecule has 0 radical (unpaired) electrons. The molecule has 1 aliphatic heterocycles. The fourth-order valence-corrected chi connectivity index (χ4v) is 2.95. The fourth-order valence-electron chi connectivity index (χ4n) is 2.95. The van der Waals surface area contributed by atoms with Crippen LogP contribution in [-0.4, -0.2) is 89.0 Å². The van der Waals surface area contributed by atoms with Gasteiger partial charge in [-0.05, 0) is 41.9 Å². The first-order valence-corrected chi connectivity index (χ1v) is 10.6. The lowest BCUT2D eigenvalue weighted by Gasteiger charge is -2.29. The summed E-state index contributed by atoms with van der Waals surface area (Å²) in [6, 6.07) is 0. The van der Waals surface area contributed by atoms with Gasteiger partial charge in [0.15, 0.2) is 0 Å². The van der Waals surface area contributed by atoms with Gasteiger partial charge in [-0.1, -0.05) is 0 Å². The smallest absolute Gasteiger partial charge is 0.475 e. The van der Waals surface area contributed by atoms with Crippen molar-refractivity contribution in [2.75, 3.05) is 33.8 Å². The van der Waals surface area contributed by atoms with Crippen molar-refractivity contribution in [2.24, 2.45) is 5.92 Å². The molecule has 0 unspecified atom stereocenters. The van der Waals surface area contributed by atoms with E-state index in [4.69, 9.17) is 24.5 Å². The number of hydrogen-bond donors (Lipinski definition) is 2. The normalized spacial score (nSPS) is 15.4. The molecule has 0 saturated heterocycles. The number of aliphatic carboxylic acids is 2. The van der Waals surface area contributed by atoms with Crippen molar-refractivity contribution in [3.8, 4) is 0 Å². The monoisotopic (exact) mass is 531 g/mol. The van der Waals surface area contributed by atoms with Crippen LogP contribution in [0, 0.1) is 5.92 Å². The Morgan fingerprint density at radius 2 is 1.58 bits per heavy atom. The highest BCUT2D eigenvalue weighted by Crippen LogP contribution is 2.32. The highest BCUT2D eigenvalue weighted by molar-refractivity contribution is 5.76. The molecule has 1 fully saturated rings. The first-order chi connectivity index (χ1) is 16.5. The molecule has 15 heteroatoms. The molecule has 0 atom stereocenters. The predicted octanol–water partition coefficient (Wildman–Crippen LogP) is 2.72. The number of carbonyl (C=O) groups is 3. The number of alkyl halides is 6. The lowest BCUT2D eigenvalue weighted by atomic mass is 9.97. The van der Waals surface area contributed by atoms with E-state index in [1.165, 1.54) is 30.5 Å². The molecular weight excluding hydrogens is 504 g/mol. The number of carboxylic acid groups (broad SMARTS) is 2. The molecule has 1 aromatic heterocycles. The van der Waals surface area contributed by atoms with Gasteiger partial charge in [-0.15, -0.1) is 0 Å². The van der Waals surface area contributed by atoms with E-state index in [2.05, 4.69) is 9.88 Å². The standard InChI is InChI=1S/C17H25N3O2.2C2HF3O2/c1-19(2)17(21)12-22-11-15-8-18-7-14-10-20(6-5-16(14)15)9-13-3-4-13;2*3-2(4,5)1(6)7/h7-8,13H,3-6,9-12H2,1-2H3;2*(H,6,7). The molecular formula is C21H27F6N3O6.